The number of methoxy groups -OCH3 is 1. The van der Waals surface area contributed by atoms with Gasteiger partial charge in [-0.05, 0) is 161 Å². The molecule has 5 rings (SSSR count). The molecule has 0 bridgehead atoms. The Bertz CT molecular complexity index is 1300. The molecule has 0 aromatic heterocycles. The Labute approximate surface area is 291 Å². The summed E-state index contributed by atoms with van der Waals surface area (Å²) in [5.74, 6) is 2.05. The predicted molar refractivity (Wildman–Crippen MR) is 191 cm³/mol. The van der Waals surface area contributed by atoms with E-state index in [0.29, 0.717) is 22.4 Å². The van der Waals surface area contributed by atoms with Crippen LogP contribution in [0.4, 0.5) is 4.79 Å². The van der Waals surface area contributed by atoms with Crippen molar-refractivity contribution < 1.29 is 14.3 Å². The van der Waals surface area contributed by atoms with E-state index in [2.05, 4.69) is 43.5 Å². The van der Waals surface area contributed by atoms with Crippen molar-refractivity contribution in [1.82, 2.24) is 25.3 Å². The molecule has 3 fully saturated rings. The van der Waals surface area contributed by atoms with Crippen LogP contribution in [0, 0.1) is 17.8 Å². The number of likely N-dealkylation sites (tertiary alicyclic amines) is 3. The number of nitrogens with one attached hydrogen (secondary N) is 2. The monoisotopic (exact) mass is 685 g/mol. The summed E-state index contributed by atoms with van der Waals surface area (Å²) >= 11 is 12.9. The number of carbonyl (C=O) groups excluding carboxylic acids is 2. The molecule has 2 N–H and O–H groups in total. The van der Waals surface area contributed by atoms with Crippen LogP contribution in [0.3, 0.4) is 0 Å². The van der Waals surface area contributed by atoms with Gasteiger partial charge in [-0.25, -0.2) is 4.79 Å². The van der Waals surface area contributed by atoms with Crippen LogP contribution in [0.15, 0.2) is 36.4 Å². The lowest BCUT2D eigenvalue weighted by molar-refractivity contribution is -0.140. The van der Waals surface area contributed by atoms with Gasteiger partial charge >= 0.3 is 12.0 Å². The molecule has 3 aliphatic rings. The molecule has 3 saturated heterocycles. The van der Waals surface area contributed by atoms with Crippen LogP contribution in [0.1, 0.15) is 62.5 Å². The minimum absolute atomic E-state index is 0.103. The van der Waals surface area contributed by atoms with Gasteiger partial charge in [0.1, 0.15) is 0 Å². The molecular weight excluding hydrogens is 633 g/mol. The first-order chi connectivity index (χ1) is 22.8. The summed E-state index contributed by atoms with van der Waals surface area (Å²) in [4.78, 5) is 30.8. The minimum Gasteiger partial charge on any atom is -0.469 e. The lowest BCUT2D eigenvalue weighted by Crippen LogP contribution is -2.41. The third-order valence-corrected chi connectivity index (χ3v) is 11.0. The first-order valence-corrected chi connectivity index (χ1v) is 18.3. The molecule has 0 unspecified atom stereocenters. The number of nitrogens with zero attached hydrogens (tertiary/aromatic N) is 3. The van der Waals surface area contributed by atoms with Crippen LogP contribution < -0.4 is 10.6 Å². The van der Waals surface area contributed by atoms with E-state index in [1.54, 1.807) is 13.1 Å². The molecule has 2 amide bonds. The Hall–Kier alpha value is -2.36. The zero-order valence-corrected chi connectivity index (χ0v) is 29.8. The number of urea groups is 1. The highest BCUT2D eigenvalue weighted by atomic mass is 35.5. The lowest BCUT2D eigenvalue weighted by Gasteiger charge is -2.40. The van der Waals surface area contributed by atoms with Crippen molar-refractivity contribution in [3.63, 3.8) is 0 Å². The van der Waals surface area contributed by atoms with Gasteiger partial charge in [0.2, 0.25) is 0 Å². The quantitative estimate of drug-likeness (QED) is 0.243. The number of benzene rings is 2. The van der Waals surface area contributed by atoms with Crippen molar-refractivity contribution in [3.8, 4) is 11.1 Å². The van der Waals surface area contributed by atoms with Crippen molar-refractivity contribution >= 4 is 35.2 Å². The number of esters is 1. The van der Waals surface area contributed by atoms with Crippen LogP contribution in [-0.2, 0) is 22.6 Å². The maximum Gasteiger partial charge on any atom is 0.314 e. The van der Waals surface area contributed by atoms with Gasteiger partial charge in [0, 0.05) is 43.1 Å². The summed E-state index contributed by atoms with van der Waals surface area (Å²) in [6, 6.07) is 12.7. The number of carbonyl (C=O) groups is 2. The molecule has 0 spiro atoms. The van der Waals surface area contributed by atoms with Crippen molar-refractivity contribution in [2.45, 2.75) is 64.5 Å². The normalized spacial score (nSPS) is 19.5. The van der Waals surface area contributed by atoms with E-state index < -0.39 is 0 Å². The maximum absolute atomic E-state index is 11.6. The largest absolute Gasteiger partial charge is 0.469 e. The fourth-order valence-corrected chi connectivity index (χ4v) is 8.33. The number of piperidine rings is 3. The molecule has 3 heterocycles. The average molecular weight is 687 g/mol. The SMILES string of the molecule is CNC(=O)NCC1CCN(Cc2cc(CN3CCC(C4CCN(CCCC(=O)OC)CC4)CC3)cc(-c3cc(Cl)cc(Cl)c3)c2)CC1. The molecule has 8 nitrogen and oxygen atoms in total. The van der Waals surface area contributed by atoms with Crippen LogP contribution >= 0.6 is 23.2 Å². The smallest absolute Gasteiger partial charge is 0.314 e. The van der Waals surface area contributed by atoms with E-state index in [9.17, 15) is 9.59 Å². The van der Waals surface area contributed by atoms with E-state index in [4.69, 9.17) is 27.9 Å². The second-order valence-corrected chi connectivity index (χ2v) is 14.7. The summed E-state index contributed by atoms with van der Waals surface area (Å²) < 4.78 is 4.79. The van der Waals surface area contributed by atoms with Crippen molar-refractivity contribution in [2.24, 2.45) is 17.8 Å². The summed E-state index contributed by atoms with van der Waals surface area (Å²) in [5.41, 5.74) is 4.89. The van der Waals surface area contributed by atoms with Crippen LogP contribution in [-0.4, -0.2) is 93.2 Å². The number of rotatable bonds is 12. The Kier molecular flexibility index (Phi) is 13.7. The van der Waals surface area contributed by atoms with Gasteiger partial charge in [0.15, 0.2) is 0 Å². The van der Waals surface area contributed by atoms with Gasteiger partial charge in [-0.3, -0.25) is 14.6 Å². The van der Waals surface area contributed by atoms with Crippen LogP contribution in [0.5, 0.6) is 0 Å². The summed E-state index contributed by atoms with van der Waals surface area (Å²) in [5, 5.41) is 6.92. The third-order valence-electron chi connectivity index (χ3n) is 10.6. The maximum atomic E-state index is 11.6. The zero-order valence-electron chi connectivity index (χ0n) is 28.2. The number of hydrogen-bond acceptors (Lipinski definition) is 6. The number of hydrogen-bond donors (Lipinski definition) is 2. The molecule has 3 aliphatic heterocycles. The standard InChI is InChI=1S/C37H53Cl2N5O3/c1-40-37(46)41-24-27-5-12-43(13-6-27)25-28-18-29(20-32(19-28)33-21-34(38)23-35(39)22-33)26-44-16-9-31(10-17-44)30-7-14-42(15-8-30)11-3-4-36(45)47-2/h18-23,27,30-31H,3-17,24-26H2,1-2H3,(H2,40,41,46). The molecule has 0 radical (unpaired) electrons. The Morgan fingerprint density at radius 1 is 0.745 bits per heavy atom. The minimum atomic E-state index is -0.104. The van der Waals surface area contributed by atoms with Crippen molar-refractivity contribution in [1.29, 1.82) is 0 Å². The molecule has 0 saturated carbocycles. The fourth-order valence-electron chi connectivity index (χ4n) is 7.80. The van der Waals surface area contributed by atoms with Crippen LogP contribution in [0.25, 0.3) is 11.1 Å². The van der Waals surface area contributed by atoms with Gasteiger partial charge < -0.3 is 20.3 Å². The Morgan fingerprint density at radius 3 is 1.79 bits per heavy atom. The Balaban J connectivity index is 1.16. The fraction of sp³-hybridized carbons (Fsp3) is 0.622. The van der Waals surface area contributed by atoms with Crippen molar-refractivity contribution in [3.05, 3.63) is 57.6 Å². The van der Waals surface area contributed by atoms with Gasteiger partial charge in [-0.15, -0.1) is 0 Å². The van der Waals surface area contributed by atoms with E-state index in [0.717, 1.165) is 102 Å². The van der Waals surface area contributed by atoms with E-state index in [1.807, 2.05) is 12.1 Å². The van der Waals surface area contributed by atoms with Gasteiger partial charge in [-0.1, -0.05) is 29.3 Å². The lowest BCUT2D eigenvalue weighted by atomic mass is 9.78. The molecule has 0 atom stereocenters. The van der Waals surface area contributed by atoms with Gasteiger partial charge in [0.25, 0.3) is 0 Å². The number of ether oxygens (including phenoxy) is 1. The highest BCUT2D eigenvalue weighted by Gasteiger charge is 2.30. The summed E-state index contributed by atoms with van der Waals surface area (Å²) in [7, 11) is 3.12. The number of halogens is 2. The second-order valence-electron chi connectivity index (χ2n) is 13.8. The molecule has 10 heteroatoms. The highest BCUT2D eigenvalue weighted by molar-refractivity contribution is 6.35. The molecule has 2 aromatic rings. The Morgan fingerprint density at radius 2 is 1.26 bits per heavy atom. The second kappa shape index (κ2) is 17.9. The van der Waals surface area contributed by atoms with Crippen molar-refractivity contribution in [2.75, 3.05) is 66.5 Å². The average Bonchev–Trinajstić information content (AvgIpc) is 3.08. The van der Waals surface area contributed by atoms with Gasteiger partial charge in [0.05, 0.1) is 7.11 Å². The highest BCUT2D eigenvalue weighted by Crippen LogP contribution is 2.34. The number of amides is 2. The van der Waals surface area contributed by atoms with E-state index >= 15 is 0 Å². The molecule has 47 heavy (non-hydrogen) atoms. The topological polar surface area (TPSA) is 77.2 Å². The summed E-state index contributed by atoms with van der Waals surface area (Å²) in [6.45, 7) is 10.2. The molecule has 2 aromatic carbocycles. The van der Waals surface area contributed by atoms with E-state index in [-0.39, 0.29) is 12.0 Å². The molecule has 0 aliphatic carbocycles. The predicted octanol–water partition coefficient (Wildman–Crippen LogP) is 6.68. The van der Waals surface area contributed by atoms with E-state index in [1.165, 1.54) is 49.5 Å². The molecule has 258 valence electrons. The zero-order chi connectivity index (χ0) is 33.2. The molecular formula is C37H53Cl2N5O3. The van der Waals surface area contributed by atoms with Gasteiger partial charge in [-0.2, -0.15) is 0 Å². The summed E-state index contributed by atoms with van der Waals surface area (Å²) in [6.07, 6.45) is 8.68. The third kappa shape index (κ3) is 11.1. The van der Waals surface area contributed by atoms with Crippen LogP contribution in [0.2, 0.25) is 10.0 Å². The first-order valence-electron chi connectivity index (χ1n) is 17.6. The first kappa shape index (κ1) is 35.9.